The van der Waals surface area contributed by atoms with E-state index < -0.39 is 0 Å². The smallest absolute Gasteiger partial charge is 0.311 e. The number of rotatable bonds is 4. The molecule has 0 heterocycles. The Labute approximate surface area is 90.0 Å². The third kappa shape index (κ3) is 2.80. The maximum absolute atomic E-state index is 11.4. The van der Waals surface area contributed by atoms with Crippen LogP contribution in [0, 0.1) is 5.92 Å². The molecule has 3 heteroatoms. The quantitative estimate of drug-likeness (QED) is 0.711. The fourth-order valence-corrected chi connectivity index (χ4v) is 1.58. The number of carbonyl (C=O) groups is 1. The van der Waals surface area contributed by atoms with Crippen molar-refractivity contribution in [3.05, 3.63) is 35.9 Å². The van der Waals surface area contributed by atoms with Crippen molar-refractivity contribution in [1.82, 2.24) is 0 Å². The Morgan fingerprint density at radius 3 is 2.27 bits per heavy atom. The van der Waals surface area contributed by atoms with Crippen LogP contribution in [0.3, 0.4) is 0 Å². The molecule has 1 aromatic rings. The van der Waals surface area contributed by atoms with Crippen molar-refractivity contribution in [2.24, 2.45) is 5.92 Å². The molecule has 0 N–H and O–H groups in total. The molecule has 0 saturated carbocycles. The van der Waals surface area contributed by atoms with E-state index in [1.54, 1.807) is 14.0 Å². The summed E-state index contributed by atoms with van der Waals surface area (Å²) in [5, 5.41) is 0. The molecule has 0 unspecified atom stereocenters. The van der Waals surface area contributed by atoms with Gasteiger partial charge in [0, 0.05) is 7.11 Å². The van der Waals surface area contributed by atoms with E-state index in [-0.39, 0.29) is 18.0 Å². The van der Waals surface area contributed by atoms with Crippen molar-refractivity contribution in [3.8, 4) is 0 Å². The third-order valence-electron chi connectivity index (χ3n) is 2.41. The Morgan fingerprint density at radius 2 is 1.80 bits per heavy atom. The monoisotopic (exact) mass is 208 g/mol. The topological polar surface area (TPSA) is 35.5 Å². The minimum absolute atomic E-state index is 0.251. The molecular formula is C12H16O3. The summed E-state index contributed by atoms with van der Waals surface area (Å²) in [6.45, 7) is 1.80. The second-order valence-corrected chi connectivity index (χ2v) is 3.38. The normalized spacial score (nSPS) is 14.3. The van der Waals surface area contributed by atoms with Crippen molar-refractivity contribution < 1.29 is 14.3 Å². The minimum atomic E-state index is -0.303. The second kappa shape index (κ2) is 5.51. The zero-order chi connectivity index (χ0) is 11.3. The van der Waals surface area contributed by atoms with Crippen LogP contribution in [0.4, 0.5) is 0 Å². The highest BCUT2D eigenvalue weighted by Gasteiger charge is 2.25. The molecule has 2 atom stereocenters. The van der Waals surface area contributed by atoms with Crippen LogP contribution in [0.15, 0.2) is 30.3 Å². The van der Waals surface area contributed by atoms with E-state index in [0.717, 1.165) is 5.56 Å². The summed E-state index contributed by atoms with van der Waals surface area (Å²) in [6, 6.07) is 9.65. The molecule has 0 aromatic heterocycles. The molecule has 0 bridgehead atoms. The molecule has 0 saturated heterocycles. The summed E-state index contributed by atoms with van der Waals surface area (Å²) < 4.78 is 10.0. The van der Waals surface area contributed by atoms with E-state index in [1.807, 2.05) is 30.3 Å². The van der Waals surface area contributed by atoms with Crippen LogP contribution in [-0.2, 0) is 14.3 Å². The van der Waals surface area contributed by atoms with E-state index in [9.17, 15) is 4.79 Å². The number of carbonyl (C=O) groups excluding carboxylic acids is 1. The van der Waals surface area contributed by atoms with Gasteiger partial charge in [-0.2, -0.15) is 0 Å². The molecule has 3 nitrogen and oxygen atoms in total. The van der Waals surface area contributed by atoms with Crippen molar-refractivity contribution in [1.29, 1.82) is 0 Å². The number of ether oxygens (including phenoxy) is 2. The third-order valence-corrected chi connectivity index (χ3v) is 2.41. The Kier molecular flexibility index (Phi) is 4.31. The first-order valence-electron chi connectivity index (χ1n) is 4.86. The highest BCUT2D eigenvalue weighted by atomic mass is 16.5. The van der Waals surface area contributed by atoms with E-state index >= 15 is 0 Å². The molecule has 1 aromatic carbocycles. The first-order chi connectivity index (χ1) is 7.20. The molecule has 0 fully saturated rings. The van der Waals surface area contributed by atoms with Gasteiger partial charge in [-0.3, -0.25) is 4.79 Å². The van der Waals surface area contributed by atoms with Gasteiger partial charge < -0.3 is 9.47 Å². The fraction of sp³-hybridized carbons (Fsp3) is 0.417. The van der Waals surface area contributed by atoms with Gasteiger partial charge in [0.1, 0.15) is 0 Å². The maximum atomic E-state index is 11.4. The fourth-order valence-electron chi connectivity index (χ4n) is 1.58. The van der Waals surface area contributed by atoms with Crippen molar-refractivity contribution in [2.75, 3.05) is 14.2 Å². The molecule has 15 heavy (non-hydrogen) atoms. The summed E-state index contributed by atoms with van der Waals surface area (Å²) in [7, 11) is 2.98. The minimum Gasteiger partial charge on any atom is -0.469 e. The van der Waals surface area contributed by atoms with Gasteiger partial charge >= 0.3 is 5.97 Å². The standard InChI is InChI=1S/C12H16O3/c1-9(12(13)15-3)11(14-2)10-7-5-4-6-8-10/h4-9,11H,1-3H3/t9-,11-/m1/s1. The number of hydrogen-bond donors (Lipinski definition) is 0. The number of benzene rings is 1. The van der Waals surface area contributed by atoms with E-state index in [1.165, 1.54) is 7.11 Å². The van der Waals surface area contributed by atoms with Gasteiger partial charge in [0.2, 0.25) is 0 Å². The summed E-state index contributed by atoms with van der Waals surface area (Å²) in [6.07, 6.45) is -0.251. The Morgan fingerprint density at radius 1 is 1.20 bits per heavy atom. The zero-order valence-electron chi connectivity index (χ0n) is 9.27. The maximum Gasteiger partial charge on any atom is 0.311 e. The zero-order valence-corrected chi connectivity index (χ0v) is 9.27. The summed E-state index contributed by atoms with van der Waals surface area (Å²) in [5.41, 5.74) is 0.984. The molecule has 82 valence electrons. The van der Waals surface area contributed by atoms with Crippen LogP contribution < -0.4 is 0 Å². The second-order valence-electron chi connectivity index (χ2n) is 3.38. The van der Waals surface area contributed by atoms with Crippen LogP contribution in [0.2, 0.25) is 0 Å². The lowest BCUT2D eigenvalue weighted by molar-refractivity contribution is -0.149. The molecule has 0 spiro atoms. The van der Waals surface area contributed by atoms with Crippen LogP contribution in [-0.4, -0.2) is 20.2 Å². The summed E-state index contributed by atoms with van der Waals surface area (Å²) in [4.78, 5) is 11.4. The predicted octanol–water partition coefficient (Wildman–Crippen LogP) is 2.18. The first-order valence-corrected chi connectivity index (χ1v) is 4.86. The van der Waals surface area contributed by atoms with Crippen LogP contribution >= 0.6 is 0 Å². The lowest BCUT2D eigenvalue weighted by Crippen LogP contribution is -2.22. The molecule has 1 rings (SSSR count). The van der Waals surface area contributed by atoms with Crippen LogP contribution in [0.1, 0.15) is 18.6 Å². The predicted molar refractivity (Wildman–Crippen MR) is 57.4 cm³/mol. The van der Waals surface area contributed by atoms with Gasteiger partial charge in [0.15, 0.2) is 0 Å². The number of methoxy groups -OCH3 is 2. The number of esters is 1. The number of hydrogen-bond acceptors (Lipinski definition) is 3. The lowest BCUT2D eigenvalue weighted by Gasteiger charge is -2.20. The summed E-state index contributed by atoms with van der Waals surface area (Å²) >= 11 is 0. The average molecular weight is 208 g/mol. The van der Waals surface area contributed by atoms with E-state index in [2.05, 4.69) is 0 Å². The first kappa shape index (κ1) is 11.7. The Bertz CT molecular complexity index is 308. The highest BCUT2D eigenvalue weighted by molar-refractivity contribution is 5.72. The highest BCUT2D eigenvalue weighted by Crippen LogP contribution is 2.25. The van der Waals surface area contributed by atoms with Crippen molar-refractivity contribution >= 4 is 5.97 Å². The van der Waals surface area contributed by atoms with E-state index in [4.69, 9.17) is 9.47 Å². The van der Waals surface area contributed by atoms with Gasteiger partial charge in [-0.05, 0) is 12.5 Å². The van der Waals surface area contributed by atoms with Crippen LogP contribution in [0.5, 0.6) is 0 Å². The van der Waals surface area contributed by atoms with Gasteiger partial charge in [-0.25, -0.2) is 0 Å². The molecule has 0 radical (unpaired) electrons. The Hall–Kier alpha value is -1.35. The van der Waals surface area contributed by atoms with E-state index in [0.29, 0.717) is 0 Å². The van der Waals surface area contributed by atoms with Gasteiger partial charge in [0.05, 0.1) is 19.1 Å². The lowest BCUT2D eigenvalue weighted by atomic mass is 9.97. The van der Waals surface area contributed by atoms with Gasteiger partial charge in [-0.1, -0.05) is 30.3 Å². The molecule has 0 amide bonds. The molecule has 0 aliphatic heterocycles. The van der Waals surface area contributed by atoms with Crippen LogP contribution in [0.25, 0.3) is 0 Å². The average Bonchev–Trinajstić information content (AvgIpc) is 2.30. The molecular weight excluding hydrogens is 192 g/mol. The summed E-state index contributed by atoms with van der Waals surface area (Å²) in [5.74, 6) is -0.562. The van der Waals surface area contributed by atoms with Crippen molar-refractivity contribution in [2.45, 2.75) is 13.0 Å². The molecule has 0 aliphatic carbocycles. The van der Waals surface area contributed by atoms with Gasteiger partial charge in [0.25, 0.3) is 0 Å². The Balaban J connectivity index is 2.85. The largest absolute Gasteiger partial charge is 0.469 e. The van der Waals surface area contributed by atoms with Crippen molar-refractivity contribution in [3.63, 3.8) is 0 Å². The SMILES string of the molecule is COC(=O)[C@H](C)[C@@H](OC)c1ccccc1. The molecule has 0 aliphatic rings. The van der Waals surface area contributed by atoms with Gasteiger partial charge in [-0.15, -0.1) is 0 Å².